The summed E-state index contributed by atoms with van der Waals surface area (Å²) in [7, 11) is 0. The molecule has 0 radical (unpaired) electrons. The molecule has 1 atom stereocenters. The third-order valence-corrected chi connectivity index (χ3v) is 2.65. The molecule has 1 aromatic heterocycles. The number of hydrogen-bond acceptors (Lipinski definition) is 2. The molecule has 2 heteroatoms. The molecule has 16 heavy (non-hydrogen) atoms. The quantitative estimate of drug-likeness (QED) is 0.715. The summed E-state index contributed by atoms with van der Waals surface area (Å²) < 4.78 is 5.36. The van der Waals surface area contributed by atoms with Gasteiger partial charge in [0.2, 0.25) is 0 Å². The average Bonchev–Trinajstić information content (AvgIpc) is 2.83. The fourth-order valence-corrected chi connectivity index (χ4v) is 1.84. The van der Waals surface area contributed by atoms with Crippen LogP contribution in [-0.4, -0.2) is 6.29 Å². The van der Waals surface area contributed by atoms with E-state index in [9.17, 15) is 4.79 Å². The van der Waals surface area contributed by atoms with Crippen molar-refractivity contribution in [2.75, 3.05) is 0 Å². The molecular formula is C14H14O2. The summed E-state index contributed by atoms with van der Waals surface area (Å²) in [5.41, 5.74) is 1.23. The van der Waals surface area contributed by atoms with E-state index in [0.717, 1.165) is 18.5 Å². The van der Waals surface area contributed by atoms with Crippen LogP contribution in [0.4, 0.5) is 0 Å². The summed E-state index contributed by atoms with van der Waals surface area (Å²) in [6, 6.07) is 13.9. The Bertz CT molecular complexity index is 417. The molecule has 1 aromatic carbocycles. The molecule has 82 valence electrons. The Morgan fingerprint density at radius 2 is 1.94 bits per heavy atom. The van der Waals surface area contributed by atoms with Crippen LogP contribution < -0.4 is 0 Å². The fraction of sp³-hybridized carbons (Fsp3) is 0.214. The lowest BCUT2D eigenvalue weighted by molar-refractivity contribution is -0.108. The molecule has 0 bridgehead atoms. The van der Waals surface area contributed by atoms with Gasteiger partial charge in [-0.15, -0.1) is 0 Å². The maximum atomic E-state index is 10.7. The largest absolute Gasteiger partial charge is 0.469 e. The minimum absolute atomic E-state index is 0.148. The van der Waals surface area contributed by atoms with E-state index < -0.39 is 0 Å². The zero-order valence-electron chi connectivity index (χ0n) is 9.00. The van der Waals surface area contributed by atoms with Gasteiger partial charge >= 0.3 is 0 Å². The molecule has 1 heterocycles. The SMILES string of the molecule is O=CC[C@H](Cc1ccccc1)c1ccco1. The lowest BCUT2D eigenvalue weighted by Gasteiger charge is -2.11. The lowest BCUT2D eigenvalue weighted by atomic mass is 9.94. The predicted molar refractivity (Wildman–Crippen MR) is 62.3 cm³/mol. The number of carbonyl (C=O) groups is 1. The van der Waals surface area contributed by atoms with Gasteiger partial charge in [-0.2, -0.15) is 0 Å². The van der Waals surface area contributed by atoms with Gasteiger partial charge in [0.15, 0.2) is 0 Å². The molecule has 0 fully saturated rings. The number of rotatable bonds is 5. The van der Waals surface area contributed by atoms with E-state index in [2.05, 4.69) is 12.1 Å². The van der Waals surface area contributed by atoms with Gasteiger partial charge in [-0.1, -0.05) is 30.3 Å². The Balaban J connectivity index is 2.12. The van der Waals surface area contributed by atoms with Gasteiger partial charge in [-0.05, 0) is 24.1 Å². The molecule has 0 saturated heterocycles. The van der Waals surface area contributed by atoms with Crippen LogP contribution in [0.5, 0.6) is 0 Å². The molecule has 0 spiro atoms. The van der Waals surface area contributed by atoms with Crippen molar-refractivity contribution >= 4 is 6.29 Å². The second-order valence-corrected chi connectivity index (χ2v) is 3.80. The second-order valence-electron chi connectivity index (χ2n) is 3.80. The molecule has 0 amide bonds. The van der Waals surface area contributed by atoms with E-state index in [1.54, 1.807) is 6.26 Å². The highest BCUT2D eigenvalue weighted by atomic mass is 16.3. The maximum absolute atomic E-state index is 10.7. The van der Waals surface area contributed by atoms with Gasteiger partial charge in [0.1, 0.15) is 12.0 Å². The van der Waals surface area contributed by atoms with E-state index in [1.807, 2.05) is 30.3 Å². The molecule has 0 unspecified atom stereocenters. The number of carbonyl (C=O) groups excluding carboxylic acids is 1. The minimum atomic E-state index is 0.148. The highest BCUT2D eigenvalue weighted by Crippen LogP contribution is 2.23. The number of hydrogen-bond donors (Lipinski definition) is 0. The zero-order valence-corrected chi connectivity index (χ0v) is 9.00. The third-order valence-electron chi connectivity index (χ3n) is 2.65. The van der Waals surface area contributed by atoms with Crippen LogP contribution >= 0.6 is 0 Å². The van der Waals surface area contributed by atoms with Gasteiger partial charge in [-0.25, -0.2) is 0 Å². The first kappa shape index (κ1) is 10.7. The molecule has 0 aliphatic heterocycles. The van der Waals surface area contributed by atoms with Crippen molar-refractivity contribution < 1.29 is 9.21 Å². The van der Waals surface area contributed by atoms with E-state index in [0.29, 0.717) is 6.42 Å². The summed E-state index contributed by atoms with van der Waals surface area (Å²) >= 11 is 0. The van der Waals surface area contributed by atoms with Gasteiger partial charge in [0.05, 0.1) is 6.26 Å². The Kier molecular flexibility index (Phi) is 3.54. The standard InChI is InChI=1S/C14H14O2/c15-9-8-13(14-7-4-10-16-14)11-12-5-2-1-3-6-12/h1-7,9-10,13H,8,11H2/t13-/m1/s1. The number of aldehydes is 1. The van der Waals surface area contributed by atoms with Crippen LogP contribution in [-0.2, 0) is 11.2 Å². The smallest absolute Gasteiger partial charge is 0.120 e. The lowest BCUT2D eigenvalue weighted by Crippen LogP contribution is -2.02. The van der Waals surface area contributed by atoms with Crippen LogP contribution in [0.3, 0.4) is 0 Å². The van der Waals surface area contributed by atoms with Crippen molar-refractivity contribution in [3.8, 4) is 0 Å². The first-order chi connectivity index (χ1) is 7.90. The minimum Gasteiger partial charge on any atom is -0.469 e. The monoisotopic (exact) mass is 214 g/mol. The topological polar surface area (TPSA) is 30.2 Å². The highest BCUT2D eigenvalue weighted by molar-refractivity contribution is 5.51. The fourth-order valence-electron chi connectivity index (χ4n) is 1.84. The Hall–Kier alpha value is -1.83. The molecule has 2 nitrogen and oxygen atoms in total. The molecular weight excluding hydrogens is 200 g/mol. The van der Waals surface area contributed by atoms with Crippen molar-refractivity contribution in [2.24, 2.45) is 0 Å². The summed E-state index contributed by atoms with van der Waals surface area (Å²) in [5, 5.41) is 0. The molecule has 0 aliphatic carbocycles. The number of furan rings is 1. The van der Waals surface area contributed by atoms with Gasteiger partial charge in [-0.3, -0.25) is 0 Å². The van der Waals surface area contributed by atoms with E-state index in [-0.39, 0.29) is 5.92 Å². The first-order valence-electron chi connectivity index (χ1n) is 5.41. The van der Waals surface area contributed by atoms with E-state index >= 15 is 0 Å². The van der Waals surface area contributed by atoms with Crippen LogP contribution in [0.15, 0.2) is 53.1 Å². The summed E-state index contributed by atoms with van der Waals surface area (Å²) in [4.78, 5) is 10.7. The van der Waals surface area contributed by atoms with Crippen LogP contribution in [0, 0.1) is 0 Å². The molecule has 0 aliphatic rings. The van der Waals surface area contributed by atoms with Crippen LogP contribution in [0.1, 0.15) is 23.7 Å². The van der Waals surface area contributed by atoms with Gasteiger partial charge < -0.3 is 9.21 Å². The average molecular weight is 214 g/mol. The summed E-state index contributed by atoms with van der Waals surface area (Å²) in [5.74, 6) is 1.03. The maximum Gasteiger partial charge on any atom is 0.120 e. The van der Waals surface area contributed by atoms with Crippen molar-refractivity contribution in [3.63, 3.8) is 0 Å². The van der Waals surface area contributed by atoms with Crippen LogP contribution in [0.2, 0.25) is 0 Å². The Morgan fingerprint density at radius 3 is 2.56 bits per heavy atom. The third kappa shape index (κ3) is 2.60. The zero-order chi connectivity index (χ0) is 11.2. The van der Waals surface area contributed by atoms with Crippen molar-refractivity contribution in [1.29, 1.82) is 0 Å². The Labute approximate surface area is 94.9 Å². The van der Waals surface area contributed by atoms with Crippen molar-refractivity contribution in [1.82, 2.24) is 0 Å². The van der Waals surface area contributed by atoms with Gasteiger partial charge in [0.25, 0.3) is 0 Å². The van der Waals surface area contributed by atoms with Crippen LogP contribution in [0.25, 0.3) is 0 Å². The molecule has 0 saturated carbocycles. The first-order valence-corrected chi connectivity index (χ1v) is 5.41. The predicted octanol–water partition coefficient (Wildman–Crippen LogP) is 3.19. The van der Waals surface area contributed by atoms with E-state index in [1.165, 1.54) is 5.56 Å². The molecule has 0 N–H and O–H groups in total. The summed E-state index contributed by atoms with van der Waals surface area (Å²) in [6.45, 7) is 0. The van der Waals surface area contributed by atoms with Crippen molar-refractivity contribution in [3.05, 3.63) is 60.1 Å². The normalized spacial score (nSPS) is 12.2. The van der Waals surface area contributed by atoms with Crippen molar-refractivity contribution in [2.45, 2.75) is 18.8 Å². The second kappa shape index (κ2) is 5.31. The van der Waals surface area contributed by atoms with Gasteiger partial charge in [0, 0.05) is 12.3 Å². The van der Waals surface area contributed by atoms with E-state index in [4.69, 9.17) is 4.42 Å². The molecule has 2 rings (SSSR count). The highest BCUT2D eigenvalue weighted by Gasteiger charge is 2.14. The summed E-state index contributed by atoms with van der Waals surface area (Å²) in [6.07, 6.45) is 3.95. The number of benzene rings is 1. The Morgan fingerprint density at radius 1 is 1.12 bits per heavy atom. The molecule has 2 aromatic rings.